The highest BCUT2D eigenvalue weighted by Crippen LogP contribution is 2.27. The van der Waals surface area contributed by atoms with Gasteiger partial charge in [0.2, 0.25) is 5.91 Å². The van der Waals surface area contributed by atoms with Gasteiger partial charge in [0.1, 0.15) is 0 Å². The lowest BCUT2D eigenvalue weighted by Crippen LogP contribution is -2.33. The highest BCUT2D eigenvalue weighted by molar-refractivity contribution is 5.76. The predicted octanol–water partition coefficient (Wildman–Crippen LogP) is 3.32. The van der Waals surface area contributed by atoms with Gasteiger partial charge in [-0.05, 0) is 55.7 Å². The first-order valence-electron chi connectivity index (χ1n) is 8.69. The molecule has 1 amide bonds. The molecule has 122 valence electrons. The third-order valence-electron chi connectivity index (χ3n) is 4.71. The van der Waals surface area contributed by atoms with Crippen molar-refractivity contribution in [3.8, 4) is 0 Å². The van der Waals surface area contributed by atoms with Gasteiger partial charge in [0.25, 0.3) is 0 Å². The highest BCUT2D eigenvalue weighted by Gasteiger charge is 2.19. The van der Waals surface area contributed by atoms with E-state index in [1.807, 2.05) is 6.07 Å². The molecule has 2 N–H and O–H groups in total. The fourth-order valence-corrected chi connectivity index (χ4v) is 3.30. The topological polar surface area (TPSA) is 41.1 Å². The van der Waals surface area contributed by atoms with Crippen molar-refractivity contribution in [3.63, 3.8) is 0 Å². The Hall–Kier alpha value is -1.35. The third-order valence-corrected chi connectivity index (χ3v) is 4.71. The molecule has 0 aromatic heterocycles. The lowest BCUT2D eigenvalue weighted by atomic mass is 9.85. The molecule has 1 heterocycles. The summed E-state index contributed by atoms with van der Waals surface area (Å²) in [5, 5.41) is 6.55. The molecule has 0 aliphatic carbocycles. The van der Waals surface area contributed by atoms with Crippen molar-refractivity contribution in [2.24, 2.45) is 11.8 Å². The number of benzene rings is 1. The SMILES string of the molecule is CC(C)C(CC(=O)NCCC1CCCNC1)c1ccccc1. The van der Waals surface area contributed by atoms with E-state index in [9.17, 15) is 4.79 Å². The fraction of sp³-hybridized carbons (Fsp3) is 0.632. The number of piperidine rings is 1. The Morgan fingerprint density at radius 1 is 1.32 bits per heavy atom. The second-order valence-electron chi connectivity index (χ2n) is 6.82. The fourth-order valence-electron chi connectivity index (χ4n) is 3.30. The van der Waals surface area contributed by atoms with Gasteiger partial charge in [-0.15, -0.1) is 0 Å². The summed E-state index contributed by atoms with van der Waals surface area (Å²) in [5.41, 5.74) is 1.27. The van der Waals surface area contributed by atoms with Crippen molar-refractivity contribution in [2.45, 2.75) is 45.4 Å². The minimum Gasteiger partial charge on any atom is -0.356 e. The Bertz CT molecular complexity index is 438. The minimum absolute atomic E-state index is 0.186. The molecule has 22 heavy (non-hydrogen) atoms. The quantitative estimate of drug-likeness (QED) is 0.811. The zero-order valence-corrected chi connectivity index (χ0v) is 14.0. The predicted molar refractivity (Wildman–Crippen MR) is 91.9 cm³/mol. The summed E-state index contributed by atoms with van der Waals surface area (Å²) < 4.78 is 0. The molecule has 0 spiro atoms. The van der Waals surface area contributed by atoms with E-state index in [1.54, 1.807) is 0 Å². The number of rotatable bonds is 7. The molecular weight excluding hydrogens is 272 g/mol. The highest BCUT2D eigenvalue weighted by atomic mass is 16.1. The maximum Gasteiger partial charge on any atom is 0.220 e. The van der Waals surface area contributed by atoms with Crippen LogP contribution in [0.1, 0.15) is 51.0 Å². The van der Waals surface area contributed by atoms with Gasteiger partial charge in [-0.25, -0.2) is 0 Å². The van der Waals surface area contributed by atoms with E-state index < -0.39 is 0 Å². The van der Waals surface area contributed by atoms with Gasteiger partial charge in [-0.3, -0.25) is 4.79 Å². The number of carbonyl (C=O) groups excluding carboxylic acids is 1. The first-order valence-corrected chi connectivity index (χ1v) is 8.69. The molecule has 3 nitrogen and oxygen atoms in total. The Morgan fingerprint density at radius 2 is 2.09 bits per heavy atom. The van der Waals surface area contributed by atoms with Crippen molar-refractivity contribution < 1.29 is 4.79 Å². The van der Waals surface area contributed by atoms with Crippen molar-refractivity contribution in [3.05, 3.63) is 35.9 Å². The molecule has 2 unspecified atom stereocenters. The van der Waals surface area contributed by atoms with Gasteiger partial charge >= 0.3 is 0 Å². The van der Waals surface area contributed by atoms with E-state index in [2.05, 4.69) is 48.7 Å². The Morgan fingerprint density at radius 3 is 2.73 bits per heavy atom. The molecule has 0 radical (unpaired) electrons. The van der Waals surface area contributed by atoms with Crippen LogP contribution in [0.2, 0.25) is 0 Å². The maximum absolute atomic E-state index is 12.2. The van der Waals surface area contributed by atoms with E-state index in [4.69, 9.17) is 0 Å². The largest absolute Gasteiger partial charge is 0.356 e. The minimum atomic E-state index is 0.186. The van der Waals surface area contributed by atoms with Crippen molar-refractivity contribution in [1.29, 1.82) is 0 Å². The number of carbonyl (C=O) groups is 1. The molecule has 1 saturated heterocycles. The van der Waals surface area contributed by atoms with Gasteiger partial charge in [-0.1, -0.05) is 44.2 Å². The smallest absolute Gasteiger partial charge is 0.220 e. The van der Waals surface area contributed by atoms with Crippen LogP contribution in [-0.2, 0) is 4.79 Å². The summed E-state index contributed by atoms with van der Waals surface area (Å²) in [4.78, 5) is 12.2. The standard InChI is InChI=1S/C19H30N2O/c1-15(2)18(17-8-4-3-5-9-17)13-19(22)21-12-10-16-7-6-11-20-14-16/h3-5,8-9,15-16,18,20H,6-7,10-14H2,1-2H3,(H,21,22). The Labute approximate surface area is 134 Å². The molecule has 1 aliphatic rings. The van der Waals surface area contributed by atoms with Crippen LogP contribution < -0.4 is 10.6 Å². The molecule has 0 saturated carbocycles. The van der Waals surface area contributed by atoms with Crippen LogP contribution in [0.25, 0.3) is 0 Å². The second-order valence-corrected chi connectivity index (χ2v) is 6.82. The van der Waals surface area contributed by atoms with Gasteiger partial charge in [0.05, 0.1) is 0 Å². The molecule has 1 aliphatic heterocycles. The van der Waals surface area contributed by atoms with Crippen LogP contribution in [0, 0.1) is 11.8 Å². The van der Waals surface area contributed by atoms with Crippen LogP contribution in [-0.4, -0.2) is 25.5 Å². The Balaban J connectivity index is 1.76. The average molecular weight is 302 g/mol. The number of amides is 1. The van der Waals surface area contributed by atoms with Gasteiger partial charge in [0, 0.05) is 13.0 Å². The van der Waals surface area contributed by atoms with Crippen LogP contribution in [0.15, 0.2) is 30.3 Å². The molecule has 0 bridgehead atoms. The van der Waals surface area contributed by atoms with E-state index in [1.165, 1.54) is 18.4 Å². The zero-order valence-electron chi connectivity index (χ0n) is 14.0. The van der Waals surface area contributed by atoms with Crippen molar-refractivity contribution >= 4 is 5.91 Å². The van der Waals surface area contributed by atoms with Crippen LogP contribution in [0.3, 0.4) is 0 Å². The van der Waals surface area contributed by atoms with E-state index >= 15 is 0 Å². The van der Waals surface area contributed by atoms with Gasteiger partial charge in [0.15, 0.2) is 0 Å². The Kier molecular flexibility index (Phi) is 6.91. The normalized spacial score (nSPS) is 19.9. The molecular formula is C19H30N2O. The summed E-state index contributed by atoms with van der Waals surface area (Å²) in [5.74, 6) is 1.68. The molecule has 3 heteroatoms. The molecule has 1 fully saturated rings. The number of hydrogen-bond donors (Lipinski definition) is 2. The molecule has 2 rings (SSSR count). The van der Waals surface area contributed by atoms with Gasteiger partial charge in [-0.2, -0.15) is 0 Å². The molecule has 1 aromatic rings. The van der Waals surface area contributed by atoms with Crippen molar-refractivity contribution in [2.75, 3.05) is 19.6 Å². The van der Waals surface area contributed by atoms with Crippen LogP contribution in [0.5, 0.6) is 0 Å². The third kappa shape index (κ3) is 5.45. The van der Waals surface area contributed by atoms with E-state index in [0.717, 1.165) is 32.0 Å². The van der Waals surface area contributed by atoms with Crippen LogP contribution in [0.4, 0.5) is 0 Å². The first-order chi connectivity index (χ1) is 10.7. The summed E-state index contributed by atoms with van der Waals surface area (Å²) in [6, 6.07) is 10.4. The molecule has 2 atom stereocenters. The average Bonchev–Trinajstić information content (AvgIpc) is 2.54. The number of nitrogens with one attached hydrogen (secondary N) is 2. The summed E-state index contributed by atoms with van der Waals surface area (Å²) in [6.07, 6.45) is 4.24. The van der Waals surface area contributed by atoms with Crippen LogP contribution >= 0.6 is 0 Å². The summed E-state index contributed by atoms with van der Waals surface area (Å²) in [7, 11) is 0. The maximum atomic E-state index is 12.2. The van der Waals surface area contributed by atoms with Gasteiger partial charge < -0.3 is 10.6 Å². The van der Waals surface area contributed by atoms with Crippen molar-refractivity contribution in [1.82, 2.24) is 10.6 Å². The first kappa shape index (κ1) is 17.0. The summed E-state index contributed by atoms with van der Waals surface area (Å²) in [6.45, 7) is 7.45. The second kappa shape index (κ2) is 8.94. The molecule has 1 aromatic carbocycles. The zero-order chi connectivity index (χ0) is 15.8. The lowest BCUT2D eigenvalue weighted by Gasteiger charge is -2.23. The summed E-state index contributed by atoms with van der Waals surface area (Å²) >= 11 is 0. The lowest BCUT2D eigenvalue weighted by molar-refractivity contribution is -0.121. The van der Waals surface area contributed by atoms with E-state index in [-0.39, 0.29) is 5.91 Å². The monoisotopic (exact) mass is 302 g/mol. The van der Waals surface area contributed by atoms with E-state index in [0.29, 0.717) is 18.3 Å². The number of hydrogen-bond acceptors (Lipinski definition) is 2.